The van der Waals surface area contributed by atoms with E-state index in [1.807, 2.05) is 12.1 Å². The van der Waals surface area contributed by atoms with Crippen molar-refractivity contribution in [1.29, 1.82) is 5.26 Å². The summed E-state index contributed by atoms with van der Waals surface area (Å²) in [7, 11) is 0. The lowest BCUT2D eigenvalue weighted by Gasteiger charge is -2.25. The van der Waals surface area contributed by atoms with Crippen LogP contribution in [0.1, 0.15) is 36.4 Å². The first kappa shape index (κ1) is 7.30. The normalized spacial score (nSPS) is 16.6. The van der Waals surface area contributed by atoms with E-state index >= 15 is 0 Å². The van der Waals surface area contributed by atoms with Gasteiger partial charge in [-0.1, -0.05) is 6.42 Å². The van der Waals surface area contributed by atoms with Crippen molar-refractivity contribution >= 4 is 0 Å². The summed E-state index contributed by atoms with van der Waals surface area (Å²) in [5.41, 5.74) is 1.83. The molecule has 60 valence electrons. The van der Waals surface area contributed by atoms with Gasteiger partial charge in [0.2, 0.25) is 0 Å². The molecule has 0 aromatic carbocycles. The standard InChI is InChI=1S/C10H10N2/c11-7-10-6-9(4-5-12-10)8-2-1-3-8/h4-6,8H,1-3H2. The van der Waals surface area contributed by atoms with Crippen LogP contribution in [0.15, 0.2) is 18.3 Å². The van der Waals surface area contributed by atoms with E-state index in [4.69, 9.17) is 5.26 Å². The third-order valence-electron chi connectivity index (χ3n) is 2.48. The van der Waals surface area contributed by atoms with E-state index in [9.17, 15) is 0 Å². The molecule has 0 amide bonds. The van der Waals surface area contributed by atoms with Crippen LogP contribution in [0.2, 0.25) is 0 Å². The Bertz CT molecular complexity index is 321. The van der Waals surface area contributed by atoms with E-state index in [1.54, 1.807) is 6.20 Å². The van der Waals surface area contributed by atoms with Gasteiger partial charge in [-0.15, -0.1) is 0 Å². The second-order valence-corrected chi connectivity index (χ2v) is 3.21. The maximum Gasteiger partial charge on any atom is 0.140 e. The van der Waals surface area contributed by atoms with E-state index in [0.717, 1.165) is 0 Å². The summed E-state index contributed by atoms with van der Waals surface area (Å²) in [5.74, 6) is 0.695. The van der Waals surface area contributed by atoms with Gasteiger partial charge in [-0.05, 0) is 36.5 Å². The summed E-state index contributed by atoms with van der Waals surface area (Å²) in [4.78, 5) is 3.94. The van der Waals surface area contributed by atoms with Gasteiger partial charge in [0.25, 0.3) is 0 Å². The molecule has 0 spiro atoms. The maximum absolute atomic E-state index is 8.62. The molecule has 2 nitrogen and oxygen atoms in total. The molecule has 1 saturated carbocycles. The second kappa shape index (κ2) is 2.94. The minimum atomic E-state index is 0.541. The molecule has 2 rings (SSSR count). The highest BCUT2D eigenvalue weighted by molar-refractivity contribution is 5.28. The van der Waals surface area contributed by atoms with Crippen LogP contribution in [0.5, 0.6) is 0 Å². The summed E-state index contributed by atoms with van der Waals surface area (Å²) in [6.07, 6.45) is 5.60. The Kier molecular flexibility index (Phi) is 1.79. The summed E-state index contributed by atoms with van der Waals surface area (Å²) in [5, 5.41) is 8.62. The van der Waals surface area contributed by atoms with Crippen LogP contribution in [0, 0.1) is 11.3 Å². The summed E-state index contributed by atoms with van der Waals surface area (Å²) >= 11 is 0. The Morgan fingerprint density at radius 2 is 2.33 bits per heavy atom. The Labute approximate surface area is 71.9 Å². The van der Waals surface area contributed by atoms with Gasteiger partial charge >= 0.3 is 0 Å². The van der Waals surface area contributed by atoms with Gasteiger partial charge in [0, 0.05) is 6.20 Å². The molecule has 0 saturated heterocycles. The number of pyridine rings is 1. The molecule has 0 aliphatic heterocycles. The lowest BCUT2D eigenvalue weighted by molar-refractivity contribution is 0.419. The summed E-state index contributed by atoms with van der Waals surface area (Å²) < 4.78 is 0. The number of rotatable bonds is 1. The molecule has 2 heteroatoms. The monoisotopic (exact) mass is 158 g/mol. The number of aromatic nitrogens is 1. The van der Waals surface area contributed by atoms with Crippen molar-refractivity contribution < 1.29 is 0 Å². The highest BCUT2D eigenvalue weighted by Gasteiger charge is 2.19. The second-order valence-electron chi connectivity index (χ2n) is 3.21. The van der Waals surface area contributed by atoms with Crippen molar-refractivity contribution in [3.8, 4) is 6.07 Å². The Balaban J connectivity index is 2.27. The van der Waals surface area contributed by atoms with Gasteiger partial charge in [0.05, 0.1) is 0 Å². The lowest BCUT2D eigenvalue weighted by Crippen LogP contribution is -2.08. The fraction of sp³-hybridized carbons (Fsp3) is 0.400. The van der Waals surface area contributed by atoms with Crippen LogP contribution in [0.4, 0.5) is 0 Å². The third kappa shape index (κ3) is 1.18. The lowest BCUT2D eigenvalue weighted by atomic mass is 9.80. The van der Waals surface area contributed by atoms with Gasteiger partial charge in [-0.25, -0.2) is 4.98 Å². The van der Waals surface area contributed by atoms with Gasteiger partial charge < -0.3 is 0 Å². The SMILES string of the molecule is N#Cc1cc(C2CCC2)ccn1. The highest BCUT2D eigenvalue weighted by Crippen LogP contribution is 2.35. The van der Waals surface area contributed by atoms with E-state index < -0.39 is 0 Å². The fourth-order valence-electron chi connectivity index (χ4n) is 1.50. The minimum absolute atomic E-state index is 0.541. The zero-order valence-electron chi connectivity index (χ0n) is 6.83. The number of hydrogen-bond acceptors (Lipinski definition) is 2. The zero-order valence-corrected chi connectivity index (χ0v) is 6.83. The first-order valence-electron chi connectivity index (χ1n) is 4.26. The molecule has 1 aliphatic rings. The molecule has 0 unspecified atom stereocenters. The molecule has 0 bridgehead atoms. The number of nitriles is 1. The molecule has 1 aromatic rings. The molecule has 1 aromatic heterocycles. The molecule has 0 atom stereocenters. The molecule has 1 fully saturated rings. The topological polar surface area (TPSA) is 36.7 Å². The molecule has 0 radical (unpaired) electrons. The van der Waals surface area contributed by atoms with Crippen molar-refractivity contribution in [2.75, 3.05) is 0 Å². The van der Waals surface area contributed by atoms with Crippen LogP contribution in [-0.4, -0.2) is 4.98 Å². The average molecular weight is 158 g/mol. The van der Waals surface area contributed by atoms with Crippen LogP contribution in [0.3, 0.4) is 0 Å². The molecule has 0 N–H and O–H groups in total. The van der Waals surface area contributed by atoms with Crippen LogP contribution in [-0.2, 0) is 0 Å². The molecular formula is C10H10N2. The van der Waals surface area contributed by atoms with Gasteiger partial charge in [-0.3, -0.25) is 0 Å². The first-order chi connectivity index (χ1) is 5.90. The summed E-state index contributed by atoms with van der Waals surface area (Å²) in [6.45, 7) is 0. The maximum atomic E-state index is 8.62. The van der Waals surface area contributed by atoms with E-state index in [-0.39, 0.29) is 0 Å². The minimum Gasteiger partial charge on any atom is -0.246 e. The largest absolute Gasteiger partial charge is 0.246 e. The average Bonchev–Trinajstić information content (AvgIpc) is 2.02. The van der Waals surface area contributed by atoms with Gasteiger partial charge in [0.15, 0.2) is 0 Å². The van der Waals surface area contributed by atoms with Crippen molar-refractivity contribution in [2.45, 2.75) is 25.2 Å². The van der Waals surface area contributed by atoms with Crippen molar-refractivity contribution in [3.05, 3.63) is 29.6 Å². The van der Waals surface area contributed by atoms with Crippen LogP contribution in [0.25, 0.3) is 0 Å². The van der Waals surface area contributed by atoms with Crippen molar-refractivity contribution in [2.24, 2.45) is 0 Å². The van der Waals surface area contributed by atoms with E-state index in [1.165, 1.54) is 24.8 Å². The fourth-order valence-corrected chi connectivity index (χ4v) is 1.50. The zero-order chi connectivity index (χ0) is 8.39. The van der Waals surface area contributed by atoms with Gasteiger partial charge in [-0.2, -0.15) is 5.26 Å². The Morgan fingerprint density at radius 1 is 1.50 bits per heavy atom. The smallest absolute Gasteiger partial charge is 0.140 e. The van der Waals surface area contributed by atoms with Crippen molar-refractivity contribution in [1.82, 2.24) is 4.98 Å². The molecule has 12 heavy (non-hydrogen) atoms. The molecule has 1 heterocycles. The molecular weight excluding hydrogens is 148 g/mol. The predicted octanol–water partition coefficient (Wildman–Crippen LogP) is 2.22. The quantitative estimate of drug-likeness (QED) is 0.628. The van der Waals surface area contributed by atoms with Gasteiger partial charge in [0.1, 0.15) is 11.8 Å². The van der Waals surface area contributed by atoms with Crippen LogP contribution >= 0.6 is 0 Å². The van der Waals surface area contributed by atoms with E-state index in [0.29, 0.717) is 11.6 Å². The molecule has 1 aliphatic carbocycles. The van der Waals surface area contributed by atoms with Crippen LogP contribution < -0.4 is 0 Å². The summed E-state index contributed by atoms with van der Waals surface area (Å²) in [6, 6.07) is 5.98. The predicted molar refractivity (Wildman–Crippen MR) is 45.5 cm³/mol. The highest BCUT2D eigenvalue weighted by atomic mass is 14.7. The number of hydrogen-bond donors (Lipinski definition) is 0. The Morgan fingerprint density at radius 3 is 2.92 bits per heavy atom. The number of nitrogens with zero attached hydrogens (tertiary/aromatic N) is 2. The Hall–Kier alpha value is -1.36. The first-order valence-corrected chi connectivity index (χ1v) is 4.26. The van der Waals surface area contributed by atoms with Crippen molar-refractivity contribution in [3.63, 3.8) is 0 Å². The van der Waals surface area contributed by atoms with E-state index in [2.05, 4.69) is 11.1 Å². The third-order valence-corrected chi connectivity index (χ3v) is 2.48.